The topological polar surface area (TPSA) is 102 Å². The third-order valence-electron chi connectivity index (χ3n) is 3.16. The van der Waals surface area contributed by atoms with Crippen molar-refractivity contribution in [2.24, 2.45) is 17.6 Å². The minimum Gasteiger partial charge on any atom is -0.469 e. The van der Waals surface area contributed by atoms with Crippen molar-refractivity contribution in [3.8, 4) is 0 Å². The summed E-state index contributed by atoms with van der Waals surface area (Å²) in [6.07, 6.45) is 0. The van der Waals surface area contributed by atoms with Crippen LogP contribution < -0.4 is 11.1 Å². The Morgan fingerprint density at radius 1 is 1.39 bits per heavy atom. The number of esters is 1. The number of urea groups is 1. The number of likely N-dealkylation sites (tertiary alicyclic amines) is 1. The molecule has 1 fully saturated rings. The van der Waals surface area contributed by atoms with Crippen LogP contribution in [-0.2, 0) is 14.3 Å². The van der Waals surface area contributed by atoms with Crippen LogP contribution in [-0.4, -0.2) is 49.0 Å². The number of carbonyl (C=O) groups is 3. The molecule has 0 aromatic heterocycles. The van der Waals surface area contributed by atoms with E-state index in [0.29, 0.717) is 13.1 Å². The second kappa shape index (κ2) is 5.70. The summed E-state index contributed by atoms with van der Waals surface area (Å²) in [7, 11) is 1.33. The number of nitrogens with zero attached hydrogens (tertiary/aromatic N) is 1. The predicted molar refractivity (Wildman–Crippen MR) is 63.4 cm³/mol. The molecule has 0 aromatic carbocycles. The van der Waals surface area contributed by atoms with Gasteiger partial charge < -0.3 is 20.7 Å². The fourth-order valence-electron chi connectivity index (χ4n) is 2.15. The lowest BCUT2D eigenvalue weighted by Gasteiger charge is -2.20. The number of amides is 3. The van der Waals surface area contributed by atoms with E-state index in [1.807, 2.05) is 6.92 Å². The summed E-state index contributed by atoms with van der Waals surface area (Å²) >= 11 is 0. The molecule has 3 atom stereocenters. The van der Waals surface area contributed by atoms with Crippen LogP contribution in [0.2, 0.25) is 0 Å². The Kier molecular flexibility index (Phi) is 4.52. The van der Waals surface area contributed by atoms with Gasteiger partial charge in [0.05, 0.1) is 13.0 Å². The predicted octanol–water partition coefficient (Wildman–Crippen LogP) is -0.689. The highest BCUT2D eigenvalue weighted by molar-refractivity contribution is 5.87. The van der Waals surface area contributed by atoms with Crippen molar-refractivity contribution in [3.63, 3.8) is 0 Å². The van der Waals surface area contributed by atoms with Gasteiger partial charge in [0.1, 0.15) is 6.04 Å². The van der Waals surface area contributed by atoms with Gasteiger partial charge in [-0.15, -0.1) is 0 Å². The standard InChI is InChI=1S/C11H19N3O4/c1-6-4-14(5-8(6)10(16)18-3)9(15)7(2)13-11(12)17/h6-8H,4-5H2,1-3H3,(H3,12,13,17). The zero-order valence-corrected chi connectivity index (χ0v) is 10.8. The molecule has 102 valence electrons. The van der Waals surface area contributed by atoms with Gasteiger partial charge in [-0.1, -0.05) is 6.92 Å². The summed E-state index contributed by atoms with van der Waals surface area (Å²) < 4.78 is 4.69. The van der Waals surface area contributed by atoms with Gasteiger partial charge in [0.15, 0.2) is 0 Å². The van der Waals surface area contributed by atoms with E-state index in [2.05, 4.69) is 5.32 Å². The average molecular weight is 257 g/mol. The van der Waals surface area contributed by atoms with Crippen LogP contribution in [0.3, 0.4) is 0 Å². The molecule has 1 rings (SSSR count). The fourth-order valence-corrected chi connectivity index (χ4v) is 2.15. The van der Waals surface area contributed by atoms with Crippen LogP contribution in [0.15, 0.2) is 0 Å². The lowest BCUT2D eigenvalue weighted by molar-refractivity contribution is -0.146. The highest BCUT2D eigenvalue weighted by Crippen LogP contribution is 2.24. The van der Waals surface area contributed by atoms with Crippen molar-refractivity contribution < 1.29 is 19.1 Å². The molecule has 0 saturated carbocycles. The molecule has 0 aromatic rings. The third-order valence-corrected chi connectivity index (χ3v) is 3.16. The third kappa shape index (κ3) is 3.12. The minimum absolute atomic E-state index is 0.0437. The first-order chi connectivity index (χ1) is 8.36. The summed E-state index contributed by atoms with van der Waals surface area (Å²) in [4.78, 5) is 35.7. The van der Waals surface area contributed by atoms with Crippen molar-refractivity contribution >= 4 is 17.9 Å². The van der Waals surface area contributed by atoms with E-state index >= 15 is 0 Å². The van der Waals surface area contributed by atoms with Gasteiger partial charge in [-0.3, -0.25) is 9.59 Å². The van der Waals surface area contributed by atoms with Crippen LogP contribution in [0, 0.1) is 11.8 Å². The van der Waals surface area contributed by atoms with E-state index in [4.69, 9.17) is 10.5 Å². The maximum absolute atomic E-state index is 12.0. The Morgan fingerprint density at radius 3 is 2.50 bits per heavy atom. The molecule has 0 spiro atoms. The largest absolute Gasteiger partial charge is 0.469 e. The molecule has 3 amide bonds. The molecule has 1 heterocycles. The molecule has 7 nitrogen and oxygen atoms in total. The van der Waals surface area contributed by atoms with Gasteiger partial charge in [-0.25, -0.2) is 4.79 Å². The summed E-state index contributed by atoms with van der Waals surface area (Å²) in [5.74, 6) is -0.817. The second-order valence-electron chi connectivity index (χ2n) is 4.58. The van der Waals surface area contributed by atoms with E-state index in [1.54, 1.807) is 11.8 Å². The number of ether oxygens (including phenoxy) is 1. The van der Waals surface area contributed by atoms with Crippen LogP contribution >= 0.6 is 0 Å². The number of rotatable bonds is 3. The molecular weight excluding hydrogens is 238 g/mol. The molecule has 7 heteroatoms. The van der Waals surface area contributed by atoms with Crippen molar-refractivity contribution in [3.05, 3.63) is 0 Å². The monoisotopic (exact) mass is 257 g/mol. The summed E-state index contributed by atoms with van der Waals surface area (Å²) in [6, 6.07) is -1.43. The number of methoxy groups -OCH3 is 1. The summed E-state index contributed by atoms with van der Waals surface area (Å²) in [6.45, 7) is 4.24. The lowest BCUT2D eigenvalue weighted by atomic mass is 9.99. The van der Waals surface area contributed by atoms with Crippen molar-refractivity contribution in [2.75, 3.05) is 20.2 Å². The van der Waals surface area contributed by atoms with Crippen molar-refractivity contribution in [1.82, 2.24) is 10.2 Å². The summed E-state index contributed by atoms with van der Waals surface area (Å²) in [5, 5.41) is 2.32. The molecule has 0 radical (unpaired) electrons. The molecule has 1 aliphatic rings. The van der Waals surface area contributed by atoms with Gasteiger partial charge in [0, 0.05) is 13.1 Å². The van der Waals surface area contributed by atoms with E-state index in [1.165, 1.54) is 7.11 Å². The van der Waals surface area contributed by atoms with Crippen LogP contribution in [0.1, 0.15) is 13.8 Å². The van der Waals surface area contributed by atoms with Crippen LogP contribution in [0.5, 0.6) is 0 Å². The Balaban J connectivity index is 2.62. The minimum atomic E-state index is -0.743. The first-order valence-corrected chi connectivity index (χ1v) is 5.79. The van der Waals surface area contributed by atoms with Gasteiger partial charge in [0.2, 0.25) is 5.91 Å². The van der Waals surface area contributed by atoms with Gasteiger partial charge in [-0.2, -0.15) is 0 Å². The first kappa shape index (κ1) is 14.3. The summed E-state index contributed by atoms with van der Waals surface area (Å²) in [5.41, 5.74) is 4.96. The molecule has 3 N–H and O–H groups in total. The van der Waals surface area contributed by atoms with Crippen molar-refractivity contribution in [2.45, 2.75) is 19.9 Å². The number of primary amides is 1. The lowest BCUT2D eigenvalue weighted by Crippen LogP contribution is -2.48. The van der Waals surface area contributed by atoms with Gasteiger partial charge >= 0.3 is 12.0 Å². The maximum Gasteiger partial charge on any atom is 0.312 e. The quantitative estimate of drug-likeness (QED) is 0.653. The van der Waals surface area contributed by atoms with E-state index in [-0.39, 0.29) is 23.7 Å². The molecule has 1 aliphatic heterocycles. The van der Waals surface area contributed by atoms with Gasteiger partial charge in [0.25, 0.3) is 0 Å². The zero-order chi connectivity index (χ0) is 13.9. The normalized spacial score (nSPS) is 24.5. The van der Waals surface area contributed by atoms with Crippen LogP contribution in [0.4, 0.5) is 4.79 Å². The number of carbonyl (C=O) groups excluding carboxylic acids is 3. The maximum atomic E-state index is 12.0. The zero-order valence-electron chi connectivity index (χ0n) is 10.8. The Hall–Kier alpha value is -1.79. The highest BCUT2D eigenvalue weighted by Gasteiger charge is 2.38. The first-order valence-electron chi connectivity index (χ1n) is 5.79. The highest BCUT2D eigenvalue weighted by atomic mass is 16.5. The molecule has 0 aliphatic carbocycles. The van der Waals surface area contributed by atoms with E-state index in [9.17, 15) is 14.4 Å². The second-order valence-corrected chi connectivity index (χ2v) is 4.58. The number of nitrogens with one attached hydrogen (secondary N) is 1. The number of hydrogen-bond donors (Lipinski definition) is 2. The number of nitrogens with two attached hydrogens (primary N) is 1. The van der Waals surface area contributed by atoms with E-state index < -0.39 is 12.1 Å². The fraction of sp³-hybridized carbons (Fsp3) is 0.727. The molecule has 1 saturated heterocycles. The van der Waals surface area contributed by atoms with E-state index in [0.717, 1.165) is 0 Å². The van der Waals surface area contributed by atoms with Gasteiger partial charge in [-0.05, 0) is 12.8 Å². The number of hydrogen-bond acceptors (Lipinski definition) is 4. The Morgan fingerprint density at radius 2 is 2.00 bits per heavy atom. The molecular formula is C11H19N3O4. The molecule has 18 heavy (non-hydrogen) atoms. The van der Waals surface area contributed by atoms with Crippen molar-refractivity contribution in [1.29, 1.82) is 0 Å². The molecule has 0 bridgehead atoms. The van der Waals surface area contributed by atoms with Crippen LogP contribution in [0.25, 0.3) is 0 Å². The molecule has 3 unspecified atom stereocenters. The smallest absolute Gasteiger partial charge is 0.312 e. The Bertz CT molecular complexity index is 358. The SMILES string of the molecule is COC(=O)C1CN(C(=O)C(C)NC(N)=O)CC1C. The Labute approximate surface area is 106 Å². The average Bonchev–Trinajstić information content (AvgIpc) is 2.68.